The van der Waals surface area contributed by atoms with E-state index in [4.69, 9.17) is 26.2 Å². The van der Waals surface area contributed by atoms with Gasteiger partial charge in [0.25, 0.3) is 0 Å². The maximum absolute atomic E-state index is 8.58. The van der Waals surface area contributed by atoms with Gasteiger partial charge < -0.3 is 5.48 Å². The van der Waals surface area contributed by atoms with Gasteiger partial charge in [-0.1, -0.05) is 0 Å². The molecule has 0 saturated carbocycles. The molecular weight excluding hydrogens is 229 g/mol. The van der Waals surface area contributed by atoms with E-state index in [1.54, 1.807) is 0 Å². The summed E-state index contributed by atoms with van der Waals surface area (Å²) < 4.78 is 34.3. The first-order chi connectivity index (χ1) is 3.00. The van der Waals surface area contributed by atoms with Crippen LogP contribution in [0.5, 0.6) is 0 Å². The monoisotopic (exact) mass is 232 g/mol. The van der Waals surface area contributed by atoms with Gasteiger partial charge in [0.1, 0.15) is 0 Å². The van der Waals surface area contributed by atoms with Crippen LogP contribution >= 0.6 is 0 Å². The molecule has 0 aromatic heterocycles. The molecule has 0 aromatic carbocycles. The van der Waals surface area contributed by atoms with Crippen LogP contribution < -0.4 is 85.1 Å². The second-order valence-electron chi connectivity index (χ2n) is 0.378. The Morgan fingerprint density at radius 2 is 1.10 bits per heavy atom. The zero-order valence-electron chi connectivity index (χ0n) is 5.35. The Labute approximate surface area is 123 Å². The van der Waals surface area contributed by atoms with E-state index in [9.17, 15) is 0 Å². The normalized spacial score (nSPS) is 6.30. The molecule has 0 bridgehead atoms. The van der Waals surface area contributed by atoms with Gasteiger partial charge in [0.05, 0.1) is 0 Å². The fourth-order valence-corrected chi connectivity index (χ4v) is 0. The van der Waals surface area contributed by atoms with Crippen LogP contribution in [0.4, 0.5) is 0 Å². The summed E-state index contributed by atoms with van der Waals surface area (Å²) in [6.07, 6.45) is 0. The van der Waals surface area contributed by atoms with Crippen molar-refractivity contribution in [3.8, 4) is 0 Å². The molecule has 10 heavy (non-hydrogen) atoms. The van der Waals surface area contributed by atoms with Crippen LogP contribution in [-0.4, -0.2) is 16.0 Å². The standard InChI is InChI=1S/K.Mn.Na.H2O2.H2O.4O/c;;;1-2;;;;;/h;;;1-2H;1H2;;;;/q+1;;+1;;;;;;-1/p-1. The van der Waals surface area contributed by atoms with Gasteiger partial charge in [0, 0.05) is 0 Å². The summed E-state index contributed by atoms with van der Waals surface area (Å²) in [6.45, 7) is 0. The van der Waals surface area contributed by atoms with E-state index in [0.717, 1.165) is 0 Å². The fraction of sp³-hybridized carbons (Fsp3) is 0. The van der Waals surface area contributed by atoms with E-state index >= 15 is 0 Å². The first-order valence-electron chi connectivity index (χ1n) is 0.817. The van der Waals surface area contributed by atoms with Gasteiger partial charge in [0.2, 0.25) is 0 Å². The Balaban J connectivity index is -0.0000000154. The summed E-state index contributed by atoms with van der Waals surface area (Å²) in [6, 6.07) is 0. The molecule has 54 valence electrons. The van der Waals surface area contributed by atoms with E-state index < -0.39 is 13.0 Å². The van der Waals surface area contributed by atoms with Crippen molar-refractivity contribution < 1.29 is 126 Å². The van der Waals surface area contributed by atoms with Crippen molar-refractivity contribution >= 4 is 0 Å². The predicted octanol–water partition coefficient (Wildman–Crippen LogP) is -7.70. The van der Waals surface area contributed by atoms with Crippen LogP contribution in [-0.2, 0) is 24.5 Å². The number of hydrogen-bond acceptors (Lipinski definition) is 7. The topological polar surface area (TPSA) is 145 Å². The van der Waals surface area contributed by atoms with E-state index in [1.807, 2.05) is 0 Å². The van der Waals surface area contributed by atoms with Crippen LogP contribution in [0.25, 0.3) is 0 Å². The van der Waals surface area contributed by atoms with Crippen molar-refractivity contribution in [2.75, 3.05) is 0 Å². The van der Waals surface area contributed by atoms with Gasteiger partial charge in [-0.05, 0) is 0 Å². The minimum atomic E-state index is -5.62. The molecule has 3 N–H and O–H groups in total. The molecule has 0 fully saturated rings. The summed E-state index contributed by atoms with van der Waals surface area (Å²) >= 11 is -5.62. The van der Waals surface area contributed by atoms with Crippen LogP contribution in [0.1, 0.15) is 0 Å². The molecule has 0 atom stereocenters. The van der Waals surface area contributed by atoms with Crippen molar-refractivity contribution in [3.05, 3.63) is 0 Å². The predicted molar refractivity (Wildman–Crippen MR) is 9.25 cm³/mol. The molecule has 0 amide bonds. The van der Waals surface area contributed by atoms with Crippen LogP contribution in [0.15, 0.2) is 0 Å². The quantitative estimate of drug-likeness (QED) is 0.239. The molecule has 0 heterocycles. The average molecular weight is 232 g/mol. The second kappa shape index (κ2) is 17.5. The van der Waals surface area contributed by atoms with Crippen LogP contribution in [0.3, 0.4) is 0 Å². The minimum absolute atomic E-state index is 0. The zero-order valence-corrected chi connectivity index (χ0v) is 11.7. The Bertz CT molecular complexity index is 135. The summed E-state index contributed by atoms with van der Waals surface area (Å²) in [5.41, 5.74) is 0. The van der Waals surface area contributed by atoms with Gasteiger partial charge in [0.15, 0.2) is 0 Å². The molecule has 0 saturated heterocycles. The van der Waals surface area contributed by atoms with Crippen molar-refractivity contribution in [3.63, 3.8) is 0 Å². The van der Waals surface area contributed by atoms with E-state index in [-0.39, 0.29) is 86.4 Å². The summed E-state index contributed by atoms with van der Waals surface area (Å²) in [7, 11) is 0. The zero-order chi connectivity index (χ0) is 6.50. The molecule has 0 rings (SSSR count). The summed E-state index contributed by atoms with van der Waals surface area (Å²) in [5.74, 6) is 0. The van der Waals surface area contributed by atoms with Crippen molar-refractivity contribution in [1.29, 1.82) is 0 Å². The van der Waals surface area contributed by atoms with E-state index in [0.29, 0.717) is 0 Å². The van der Waals surface area contributed by atoms with Gasteiger partial charge in [-0.2, -0.15) is 0 Å². The molecule has 10 heteroatoms. The molecule has 0 aliphatic carbocycles. The van der Waals surface area contributed by atoms with Crippen molar-refractivity contribution in [2.45, 2.75) is 0 Å². The van der Waals surface area contributed by atoms with Crippen molar-refractivity contribution in [1.82, 2.24) is 0 Å². The molecule has 0 aliphatic heterocycles. The Morgan fingerprint density at radius 3 is 1.10 bits per heavy atom. The van der Waals surface area contributed by atoms with Gasteiger partial charge in [-0.15, -0.1) is 0 Å². The summed E-state index contributed by atoms with van der Waals surface area (Å²) in [4.78, 5) is 0. The molecular formula is H3KMnNaO7. The second-order valence-corrected chi connectivity index (χ2v) is 1.56. The molecule has 0 aromatic rings. The molecule has 0 aliphatic rings. The third-order valence-corrected chi connectivity index (χ3v) is 0. The maximum atomic E-state index is 8.58. The molecule has 0 radical (unpaired) electrons. The Morgan fingerprint density at radius 1 is 1.10 bits per heavy atom. The van der Waals surface area contributed by atoms with Crippen LogP contribution in [0.2, 0.25) is 0 Å². The molecule has 7 nitrogen and oxygen atoms in total. The van der Waals surface area contributed by atoms with Crippen molar-refractivity contribution in [2.24, 2.45) is 0 Å². The first kappa shape index (κ1) is 29.4. The fourth-order valence-electron chi connectivity index (χ4n) is 0. The van der Waals surface area contributed by atoms with Gasteiger partial charge in [-0.25, -0.2) is 0 Å². The third-order valence-electron chi connectivity index (χ3n) is 0. The number of rotatable bonds is 0. The van der Waals surface area contributed by atoms with Crippen LogP contribution in [0, 0.1) is 0 Å². The third kappa shape index (κ3) is 160. The molecule has 0 unspecified atom stereocenters. The van der Waals surface area contributed by atoms with Gasteiger partial charge in [-0.3, -0.25) is 10.5 Å². The molecule has 0 spiro atoms. The Hall–Kier alpha value is 2.40. The first-order valence-corrected chi connectivity index (χ1v) is 2.74. The van der Waals surface area contributed by atoms with E-state index in [1.165, 1.54) is 0 Å². The summed E-state index contributed by atoms with van der Waals surface area (Å²) in [5, 5.41) is 12.0. The SMILES string of the molecule is OO.[K+].[Na+].[OH-].[O]=[Mn](=[O])(=[O])[O-]. The number of hydrogen-bond donors (Lipinski definition) is 2. The average Bonchev–Trinajstić information content (AvgIpc) is 1.36. The van der Waals surface area contributed by atoms with Gasteiger partial charge >= 0.3 is 110 Å². The van der Waals surface area contributed by atoms with E-state index in [2.05, 4.69) is 0 Å². The Kier molecular flexibility index (Phi) is 51.4.